The van der Waals surface area contributed by atoms with Crippen molar-refractivity contribution in [1.82, 2.24) is 10.1 Å². The second-order valence-electron chi connectivity index (χ2n) is 6.44. The second-order valence-corrected chi connectivity index (χ2v) is 6.44. The van der Waals surface area contributed by atoms with E-state index in [-0.39, 0.29) is 12.2 Å². The number of aromatic nitrogens is 2. The van der Waals surface area contributed by atoms with Crippen molar-refractivity contribution >= 4 is 17.7 Å². The highest BCUT2D eigenvalue weighted by atomic mass is 16.6. The van der Waals surface area contributed by atoms with Crippen LogP contribution in [0.25, 0.3) is 11.4 Å². The number of aryl methyl sites for hydroxylation is 1. The van der Waals surface area contributed by atoms with Crippen LogP contribution in [0.5, 0.6) is 5.75 Å². The molecule has 1 N–H and O–H groups in total. The van der Waals surface area contributed by atoms with Gasteiger partial charge in [0.2, 0.25) is 11.7 Å². The third kappa shape index (κ3) is 4.03. The van der Waals surface area contributed by atoms with Crippen LogP contribution in [0.3, 0.4) is 0 Å². The number of ether oxygens (including phenoxy) is 2. The first-order valence-electron chi connectivity index (χ1n) is 8.84. The van der Waals surface area contributed by atoms with Gasteiger partial charge in [-0.25, -0.2) is 9.59 Å². The number of nitrogens with zero attached hydrogens (tertiary/aromatic N) is 3. The summed E-state index contributed by atoms with van der Waals surface area (Å²) >= 11 is 0. The molecule has 1 amide bonds. The number of rotatable bonds is 6. The van der Waals surface area contributed by atoms with Gasteiger partial charge in [0.25, 0.3) is 0 Å². The molecule has 9 heteroatoms. The molecule has 148 valence electrons. The van der Waals surface area contributed by atoms with Gasteiger partial charge in [-0.1, -0.05) is 11.2 Å². The molecule has 0 radical (unpaired) electrons. The summed E-state index contributed by atoms with van der Waals surface area (Å²) in [5.74, 6) is 0.323. The van der Waals surface area contributed by atoms with E-state index in [0.29, 0.717) is 29.7 Å². The maximum absolute atomic E-state index is 12.2. The van der Waals surface area contributed by atoms with Gasteiger partial charge in [0.15, 0.2) is 6.10 Å². The Hall–Kier alpha value is -3.88. The summed E-state index contributed by atoms with van der Waals surface area (Å²) in [4.78, 5) is 28.9. The molecule has 4 rings (SSSR count). The molecular formula is C20H17N3O6. The van der Waals surface area contributed by atoms with Crippen LogP contribution < -0.4 is 9.64 Å². The summed E-state index contributed by atoms with van der Waals surface area (Å²) in [6, 6.07) is 13.3. The number of aromatic carboxylic acids is 1. The summed E-state index contributed by atoms with van der Waals surface area (Å²) in [5.41, 5.74) is 1.58. The molecule has 1 fully saturated rings. The lowest BCUT2D eigenvalue weighted by atomic mass is 10.2. The topological polar surface area (TPSA) is 115 Å². The van der Waals surface area contributed by atoms with Gasteiger partial charge in [-0.15, -0.1) is 0 Å². The van der Waals surface area contributed by atoms with E-state index in [0.717, 1.165) is 5.56 Å². The number of amides is 1. The number of carbonyl (C=O) groups is 2. The van der Waals surface area contributed by atoms with Gasteiger partial charge in [0.05, 0.1) is 12.1 Å². The van der Waals surface area contributed by atoms with E-state index in [2.05, 4.69) is 10.1 Å². The van der Waals surface area contributed by atoms with Crippen LogP contribution in [-0.2, 0) is 4.74 Å². The molecule has 1 unspecified atom stereocenters. The van der Waals surface area contributed by atoms with Crippen LogP contribution in [0.2, 0.25) is 0 Å². The largest absolute Gasteiger partial charge is 0.490 e. The standard InChI is InChI=1S/C20H17N3O6/c1-12-21-18(22-29-12)13-5-7-15(8-6-13)23-10-17(28-20(23)26)11-27-16-4-2-3-14(9-16)19(24)25/h2-9,17H,10-11H2,1H3,(H,24,25). The fourth-order valence-corrected chi connectivity index (χ4v) is 2.93. The van der Waals surface area contributed by atoms with Crippen LogP contribution in [0, 0.1) is 6.92 Å². The minimum absolute atomic E-state index is 0.117. The Morgan fingerprint density at radius 3 is 2.76 bits per heavy atom. The van der Waals surface area contributed by atoms with E-state index >= 15 is 0 Å². The maximum Gasteiger partial charge on any atom is 0.414 e. The quantitative estimate of drug-likeness (QED) is 0.677. The van der Waals surface area contributed by atoms with E-state index < -0.39 is 18.2 Å². The van der Waals surface area contributed by atoms with Gasteiger partial charge in [-0.2, -0.15) is 4.98 Å². The van der Waals surface area contributed by atoms with Crippen LogP contribution >= 0.6 is 0 Å². The van der Waals surface area contributed by atoms with Crippen LogP contribution in [-0.4, -0.2) is 46.6 Å². The van der Waals surface area contributed by atoms with Crippen molar-refractivity contribution in [1.29, 1.82) is 0 Å². The molecule has 29 heavy (non-hydrogen) atoms. The Kier molecular flexibility index (Phi) is 4.86. The van der Waals surface area contributed by atoms with Gasteiger partial charge < -0.3 is 19.1 Å². The third-order valence-corrected chi connectivity index (χ3v) is 4.36. The number of carboxylic acid groups (broad SMARTS) is 1. The number of cyclic esters (lactones) is 1. The fourth-order valence-electron chi connectivity index (χ4n) is 2.93. The Bertz CT molecular complexity index is 1050. The number of hydrogen-bond donors (Lipinski definition) is 1. The van der Waals surface area contributed by atoms with Gasteiger partial charge in [-0.3, -0.25) is 4.90 Å². The number of benzene rings is 2. The monoisotopic (exact) mass is 395 g/mol. The predicted octanol–water partition coefficient (Wildman–Crippen LogP) is 3.15. The molecule has 9 nitrogen and oxygen atoms in total. The van der Waals surface area contributed by atoms with Crippen molar-refractivity contribution < 1.29 is 28.7 Å². The molecular weight excluding hydrogens is 378 g/mol. The molecule has 2 aromatic carbocycles. The summed E-state index contributed by atoms with van der Waals surface area (Å²) in [5, 5.41) is 12.9. The van der Waals surface area contributed by atoms with E-state index in [1.165, 1.54) is 17.0 Å². The molecule has 1 atom stereocenters. The molecule has 1 aliphatic heterocycles. The lowest BCUT2D eigenvalue weighted by Crippen LogP contribution is -2.26. The third-order valence-electron chi connectivity index (χ3n) is 4.36. The summed E-state index contributed by atoms with van der Waals surface area (Å²) in [7, 11) is 0. The predicted molar refractivity (Wildman–Crippen MR) is 101 cm³/mol. The Morgan fingerprint density at radius 1 is 1.28 bits per heavy atom. The Labute approximate surface area is 165 Å². The van der Waals surface area contributed by atoms with E-state index in [4.69, 9.17) is 19.1 Å². The van der Waals surface area contributed by atoms with Crippen molar-refractivity contribution in [3.63, 3.8) is 0 Å². The number of anilines is 1. The highest BCUT2D eigenvalue weighted by Crippen LogP contribution is 2.25. The molecule has 3 aromatic rings. The zero-order valence-corrected chi connectivity index (χ0v) is 15.4. The Morgan fingerprint density at radius 2 is 2.07 bits per heavy atom. The first-order valence-corrected chi connectivity index (χ1v) is 8.84. The first-order chi connectivity index (χ1) is 14.0. The summed E-state index contributed by atoms with van der Waals surface area (Å²) in [6.45, 7) is 2.15. The van der Waals surface area contributed by atoms with Crippen molar-refractivity contribution in [3.05, 3.63) is 60.0 Å². The second kappa shape index (κ2) is 7.63. The molecule has 1 aromatic heterocycles. The molecule has 0 saturated carbocycles. The maximum atomic E-state index is 12.2. The lowest BCUT2D eigenvalue weighted by molar-refractivity contribution is 0.0696. The van der Waals surface area contributed by atoms with Gasteiger partial charge in [0.1, 0.15) is 12.4 Å². The van der Waals surface area contributed by atoms with Crippen molar-refractivity contribution in [3.8, 4) is 17.1 Å². The summed E-state index contributed by atoms with van der Waals surface area (Å²) < 4.78 is 15.9. The number of carbonyl (C=O) groups excluding carboxylic acids is 1. The molecule has 0 bridgehead atoms. The van der Waals surface area contributed by atoms with Gasteiger partial charge >= 0.3 is 12.1 Å². The van der Waals surface area contributed by atoms with E-state index in [1.807, 2.05) is 0 Å². The molecule has 2 heterocycles. The number of hydrogen-bond acceptors (Lipinski definition) is 7. The highest BCUT2D eigenvalue weighted by molar-refractivity contribution is 5.90. The van der Waals surface area contributed by atoms with Crippen LogP contribution in [0.1, 0.15) is 16.2 Å². The Balaban J connectivity index is 1.39. The minimum atomic E-state index is -1.03. The van der Waals surface area contributed by atoms with Crippen LogP contribution in [0.4, 0.5) is 10.5 Å². The van der Waals surface area contributed by atoms with Crippen molar-refractivity contribution in [2.75, 3.05) is 18.1 Å². The van der Waals surface area contributed by atoms with Crippen molar-refractivity contribution in [2.24, 2.45) is 0 Å². The van der Waals surface area contributed by atoms with E-state index in [1.54, 1.807) is 43.3 Å². The average Bonchev–Trinajstić information content (AvgIpc) is 3.32. The zero-order chi connectivity index (χ0) is 20.4. The summed E-state index contributed by atoms with van der Waals surface area (Å²) in [6.07, 6.45) is -0.948. The molecule has 0 spiro atoms. The SMILES string of the molecule is Cc1nc(-c2ccc(N3CC(COc4cccc(C(=O)O)c4)OC3=O)cc2)no1. The number of carboxylic acids is 1. The zero-order valence-electron chi connectivity index (χ0n) is 15.4. The lowest BCUT2D eigenvalue weighted by Gasteiger charge is -2.13. The van der Waals surface area contributed by atoms with E-state index in [9.17, 15) is 9.59 Å². The van der Waals surface area contributed by atoms with Gasteiger partial charge in [-0.05, 0) is 42.5 Å². The van der Waals surface area contributed by atoms with Crippen molar-refractivity contribution in [2.45, 2.75) is 13.0 Å². The first kappa shape index (κ1) is 18.5. The minimum Gasteiger partial charge on any atom is -0.490 e. The van der Waals surface area contributed by atoms with Crippen LogP contribution in [0.15, 0.2) is 53.1 Å². The highest BCUT2D eigenvalue weighted by Gasteiger charge is 2.33. The van der Waals surface area contributed by atoms with Gasteiger partial charge in [0, 0.05) is 18.2 Å². The fraction of sp³-hybridized carbons (Fsp3) is 0.200. The smallest absolute Gasteiger partial charge is 0.414 e. The molecule has 1 aliphatic rings. The normalized spacial score (nSPS) is 16.0. The molecule has 0 aliphatic carbocycles. The molecule has 1 saturated heterocycles. The average molecular weight is 395 g/mol.